The van der Waals surface area contributed by atoms with Gasteiger partial charge in [-0.2, -0.15) is 5.21 Å². The Labute approximate surface area is 231 Å². The Bertz CT molecular complexity index is 1690. The first kappa shape index (κ1) is 24.9. The summed E-state index contributed by atoms with van der Waals surface area (Å²) in [6, 6.07) is 29.7. The number of pyridine rings is 1. The van der Waals surface area contributed by atoms with Gasteiger partial charge in [-0.15, -0.1) is 21.5 Å². The lowest BCUT2D eigenvalue weighted by Gasteiger charge is -2.25. The summed E-state index contributed by atoms with van der Waals surface area (Å²) in [6.45, 7) is 5.97. The van der Waals surface area contributed by atoms with Crippen LogP contribution in [0.3, 0.4) is 0 Å². The molecule has 0 radical (unpaired) electrons. The normalized spacial score (nSPS) is 11.2. The quantitative estimate of drug-likeness (QED) is 0.220. The van der Waals surface area contributed by atoms with E-state index < -0.39 is 0 Å². The van der Waals surface area contributed by atoms with E-state index in [9.17, 15) is 0 Å². The van der Waals surface area contributed by atoms with Crippen LogP contribution in [0.25, 0.3) is 32.9 Å². The lowest BCUT2D eigenvalue weighted by atomic mass is 9.99. The summed E-state index contributed by atoms with van der Waals surface area (Å²) >= 11 is 1.74. The summed E-state index contributed by atoms with van der Waals surface area (Å²) in [7, 11) is 0. The van der Waals surface area contributed by atoms with Gasteiger partial charge in [0.1, 0.15) is 5.82 Å². The van der Waals surface area contributed by atoms with Crippen molar-refractivity contribution in [2.75, 3.05) is 11.4 Å². The molecule has 0 saturated heterocycles. The van der Waals surface area contributed by atoms with Gasteiger partial charge < -0.3 is 4.90 Å². The average Bonchev–Trinajstić information content (AvgIpc) is 3.62. The monoisotopic (exact) mass is 531 g/mol. The predicted molar refractivity (Wildman–Crippen MR) is 158 cm³/mol. The van der Waals surface area contributed by atoms with Crippen LogP contribution < -0.4 is 4.90 Å². The molecule has 7 nitrogen and oxygen atoms in total. The average molecular weight is 532 g/mol. The Balaban J connectivity index is 1.45. The van der Waals surface area contributed by atoms with Crippen LogP contribution in [0.4, 0.5) is 5.82 Å². The number of nitrogens with one attached hydrogen (secondary N) is 1. The topological polar surface area (TPSA) is 83.5 Å². The van der Waals surface area contributed by atoms with Crippen molar-refractivity contribution in [2.45, 2.75) is 33.2 Å². The zero-order valence-corrected chi connectivity index (χ0v) is 22.8. The summed E-state index contributed by atoms with van der Waals surface area (Å²) in [6.07, 6.45) is 1.82. The van der Waals surface area contributed by atoms with Crippen LogP contribution in [0.2, 0.25) is 0 Å². The first-order chi connectivity index (χ1) is 19.2. The van der Waals surface area contributed by atoms with E-state index in [1.54, 1.807) is 11.3 Å². The first-order valence-corrected chi connectivity index (χ1v) is 14.0. The van der Waals surface area contributed by atoms with Gasteiger partial charge in [-0.3, -0.25) is 0 Å². The molecule has 0 saturated carbocycles. The number of H-pyrrole nitrogens is 1. The fraction of sp³-hybridized carbons (Fsp3) is 0.194. The Morgan fingerprint density at radius 3 is 2.44 bits per heavy atom. The molecule has 3 aromatic heterocycles. The van der Waals surface area contributed by atoms with E-state index in [2.05, 4.69) is 111 Å². The Hall–Kier alpha value is -4.43. The lowest BCUT2D eigenvalue weighted by molar-refractivity contribution is 0.754. The maximum Gasteiger partial charge on any atom is 0.205 e. The predicted octanol–water partition coefficient (Wildman–Crippen LogP) is 6.85. The van der Waals surface area contributed by atoms with Crippen molar-refractivity contribution in [1.82, 2.24) is 30.6 Å². The standard InChI is InChI=1S/C31H29N7S/c1-3-15-38(20-22-9-5-4-6-10-22)30-19-24(16-23-13-14-27-29(18-23)39-21(2)32-27)17-28(33-30)25-11-7-8-12-26(25)31-34-36-37-35-31/h4-14,17-19H,3,15-16,20H2,1-2H3,(H,34,35,36,37). The fourth-order valence-electron chi connectivity index (χ4n) is 4.93. The van der Waals surface area contributed by atoms with E-state index in [1.807, 2.05) is 18.2 Å². The van der Waals surface area contributed by atoms with Crippen LogP contribution in [-0.2, 0) is 13.0 Å². The van der Waals surface area contributed by atoms with Crippen LogP contribution in [0, 0.1) is 6.92 Å². The van der Waals surface area contributed by atoms with Crippen molar-refractivity contribution in [1.29, 1.82) is 0 Å². The van der Waals surface area contributed by atoms with Gasteiger partial charge in [-0.05, 0) is 65.9 Å². The minimum Gasteiger partial charge on any atom is -0.352 e. The molecule has 0 aliphatic carbocycles. The summed E-state index contributed by atoms with van der Waals surface area (Å²) < 4.78 is 1.22. The third-order valence-electron chi connectivity index (χ3n) is 6.66. The number of anilines is 1. The smallest absolute Gasteiger partial charge is 0.205 e. The number of fused-ring (bicyclic) bond motifs is 1. The van der Waals surface area contributed by atoms with Gasteiger partial charge in [0.15, 0.2) is 0 Å². The van der Waals surface area contributed by atoms with Crippen molar-refractivity contribution in [2.24, 2.45) is 0 Å². The number of aromatic nitrogens is 6. The van der Waals surface area contributed by atoms with Crippen molar-refractivity contribution in [3.05, 3.63) is 107 Å². The highest BCUT2D eigenvalue weighted by molar-refractivity contribution is 7.18. The molecule has 6 aromatic rings. The third-order valence-corrected chi connectivity index (χ3v) is 7.60. The number of aromatic amines is 1. The second kappa shape index (κ2) is 11.1. The highest BCUT2D eigenvalue weighted by Gasteiger charge is 2.17. The van der Waals surface area contributed by atoms with Gasteiger partial charge in [-0.1, -0.05) is 67.6 Å². The minimum atomic E-state index is 0.556. The van der Waals surface area contributed by atoms with E-state index in [4.69, 9.17) is 4.98 Å². The van der Waals surface area contributed by atoms with Crippen LogP contribution >= 0.6 is 11.3 Å². The zero-order chi connectivity index (χ0) is 26.6. The number of tetrazole rings is 1. The fourth-order valence-corrected chi connectivity index (χ4v) is 5.82. The maximum atomic E-state index is 5.22. The number of aryl methyl sites for hydroxylation is 1. The Morgan fingerprint density at radius 1 is 0.821 bits per heavy atom. The number of benzene rings is 3. The van der Waals surface area contributed by atoms with E-state index >= 15 is 0 Å². The number of hydrogen-bond donors (Lipinski definition) is 1. The van der Waals surface area contributed by atoms with Crippen molar-refractivity contribution in [3.63, 3.8) is 0 Å². The highest BCUT2D eigenvalue weighted by atomic mass is 32.1. The molecular formula is C31H29N7S. The molecule has 0 spiro atoms. The largest absolute Gasteiger partial charge is 0.352 e. The van der Waals surface area contributed by atoms with E-state index in [1.165, 1.54) is 21.4 Å². The molecule has 0 fully saturated rings. The van der Waals surface area contributed by atoms with Gasteiger partial charge in [0, 0.05) is 24.2 Å². The molecule has 0 aliphatic rings. The maximum absolute atomic E-state index is 5.22. The summed E-state index contributed by atoms with van der Waals surface area (Å²) in [4.78, 5) is 12.2. The van der Waals surface area contributed by atoms with Crippen LogP contribution in [-0.4, -0.2) is 37.1 Å². The summed E-state index contributed by atoms with van der Waals surface area (Å²) in [5.41, 5.74) is 7.55. The molecule has 0 unspecified atom stereocenters. The number of nitrogens with zero attached hydrogens (tertiary/aromatic N) is 6. The first-order valence-electron chi connectivity index (χ1n) is 13.2. The molecule has 3 heterocycles. The van der Waals surface area contributed by atoms with Gasteiger partial charge in [0.25, 0.3) is 0 Å². The molecule has 194 valence electrons. The highest BCUT2D eigenvalue weighted by Crippen LogP contribution is 2.32. The molecule has 39 heavy (non-hydrogen) atoms. The molecule has 0 amide bonds. The third kappa shape index (κ3) is 5.56. The van der Waals surface area contributed by atoms with E-state index in [-0.39, 0.29) is 0 Å². The summed E-state index contributed by atoms with van der Waals surface area (Å²) in [5, 5.41) is 15.9. The molecule has 6 rings (SSSR count). The molecule has 8 heteroatoms. The molecular weight excluding hydrogens is 502 g/mol. The van der Waals surface area contributed by atoms with Crippen LogP contribution in [0.5, 0.6) is 0 Å². The van der Waals surface area contributed by atoms with Gasteiger partial charge >= 0.3 is 0 Å². The van der Waals surface area contributed by atoms with Crippen molar-refractivity contribution in [3.8, 4) is 22.6 Å². The van der Waals surface area contributed by atoms with Gasteiger partial charge in [0.05, 0.1) is 20.9 Å². The Morgan fingerprint density at radius 2 is 1.64 bits per heavy atom. The molecule has 1 N–H and O–H groups in total. The number of rotatable bonds is 9. The number of hydrogen-bond acceptors (Lipinski definition) is 7. The number of thiazole rings is 1. The summed E-state index contributed by atoms with van der Waals surface area (Å²) in [5.74, 6) is 1.52. The minimum absolute atomic E-state index is 0.556. The SMILES string of the molecule is CCCN(Cc1ccccc1)c1cc(Cc2ccc3nc(C)sc3c2)cc(-c2ccccc2-c2nn[nH]n2)n1. The van der Waals surface area contributed by atoms with Crippen LogP contribution in [0.15, 0.2) is 84.9 Å². The van der Waals surface area contributed by atoms with Gasteiger partial charge in [0.2, 0.25) is 5.82 Å². The second-order valence-electron chi connectivity index (χ2n) is 9.62. The van der Waals surface area contributed by atoms with Gasteiger partial charge in [-0.25, -0.2) is 9.97 Å². The Kier molecular flexibility index (Phi) is 7.10. The zero-order valence-electron chi connectivity index (χ0n) is 22.0. The van der Waals surface area contributed by atoms with E-state index in [0.29, 0.717) is 5.82 Å². The van der Waals surface area contributed by atoms with E-state index in [0.717, 1.165) is 59.1 Å². The second-order valence-corrected chi connectivity index (χ2v) is 10.9. The van der Waals surface area contributed by atoms with Crippen LogP contribution in [0.1, 0.15) is 35.0 Å². The molecule has 3 aromatic carbocycles. The lowest BCUT2D eigenvalue weighted by Crippen LogP contribution is -2.24. The molecule has 0 bridgehead atoms. The van der Waals surface area contributed by atoms with Crippen molar-refractivity contribution >= 4 is 27.4 Å². The molecule has 0 atom stereocenters. The van der Waals surface area contributed by atoms with Crippen molar-refractivity contribution < 1.29 is 0 Å². The molecule has 0 aliphatic heterocycles.